The molecule has 0 radical (unpaired) electrons. The second-order valence-electron chi connectivity index (χ2n) is 6.44. The number of carbonyl (C=O) groups excluding carboxylic acids is 2. The maximum atomic E-state index is 12.8. The maximum absolute atomic E-state index is 12.8. The predicted molar refractivity (Wildman–Crippen MR) is 114 cm³/mol. The average molecular weight is 413 g/mol. The summed E-state index contributed by atoms with van der Waals surface area (Å²) in [4.78, 5) is 31.4. The average Bonchev–Trinajstić information content (AvgIpc) is 3.06. The Morgan fingerprint density at radius 3 is 2.48 bits per heavy atom. The molecule has 0 unspecified atom stereocenters. The van der Waals surface area contributed by atoms with Crippen LogP contribution >= 0.6 is 11.3 Å². The van der Waals surface area contributed by atoms with E-state index < -0.39 is 5.97 Å². The van der Waals surface area contributed by atoms with Crippen molar-refractivity contribution in [2.24, 2.45) is 4.99 Å². The molecular weight excluding hydrogens is 390 g/mol. The number of carbonyl (C=O) groups is 2. The number of amides is 1. The first-order valence-corrected chi connectivity index (χ1v) is 9.94. The van der Waals surface area contributed by atoms with Gasteiger partial charge in [-0.25, -0.2) is 0 Å². The van der Waals surface area contributed by atoms with E-state index in [-0.39, 0.29) is 12.5 Å². The van der Waals surface area contributed by atoms with E-state index in [2.05, 4.69) is 4.99 Å². The molecule has 0 aliphatic heterocycles. The summed E-state index contributed by atoms with van der Waals surface area (Å²) in [5.41, 5.74) is 2.19. The third-order valence-electron chi connectivity index (χ3n) is 4.31. The molecule has 1 aromatic heterocycles. The Labute approximate surface area is 172 Å². The molecule has 0 saturated heterocycles. The summed E-state index contributed by atoms with van der Waals surface area (Å²) < 4.78 is 13.1. The van der Waals surface area contributed by atoms with Gasteiger partial charge in [-0.3, -0.25) is 9.59 Å². The standard InChI is InChI=1S/C21H23N3O4S/c1-5-28-16-7-6-8-17-19(16)24(13-18(25)27-4)21(29-17)22-20(26)14-9-11-15(12-10-14)23(2)3/h6-12H,5,13H2,1-4H3. The Kier molecular flexibility index (Phi) is 6.33. The molecule has 0 fully saturated rings. The van der Waals surface area contributed by atoms with Crippen LogP contribution in [-0.2, 0) is 16.1 Å². The first-order chi connectivity index (χ1) is 13.9. The van der Waals surface area contributed by atoms with Crippen LogP contribution in [0.3, 0.4) is 0 Å². The molecule has 0 atom stereocenters. The number of ether oxygens (including phenoxy) is 2. The zero-order valence-electron chi connectivity index (χ0n) is 16.8. The molecule has 0 bridgehead atoms. The van der Waals surface area contributed by atoms with E-state index in [0.29, 0.717) is 22.7 Å². The van der Waals surface area contributed by atoms with E-state index in [4.69, 9.17) is 9.47 Å². The molecule has 2 aromatic carbocycles. The Morgan fingerprint density at radius 2 is 1.86 bits per heavy atom. The van der Waals surface area contributed by atoms with E-state index in [1.165, 1.54) is 18.4 Å². The van der Waals surface area contributed by atoms with Gasteiger partial charge in [0.05, 0.1) is 18.4 Å². The van der Waals surface area contributed by atoms with Gasteiger partial charge >= 0.3 is 5.97 Å². The number of hydrogen-bond donors (Lipinski definition) is 0. The molecule has 152 valence electrons. The molecule has 3 rings (SSSR count). The topological polar surface area (TPSA) is 73.1 Å². The Hall–Kier alpha value is -3.13. The van der Waals surface area contributed by atoms with E-state index in [1.807, 2.05) is 56.3 Å². The first-order valence-electron chi connectivity index (χ1n) is 9.13. The second kappa shape index (κ2) is 8.91. The second-order valence-corrected chi connectivity index (χ2v) is 7.45. The van der Waals surface area contributed by atoms with Crippen molar-refractivity contribution in [2.45, 2.75) is 13.5 Å². The van der Waals surface area contributed by atoms with Gasteiger partial charge in [0, 0.05) is 25.3 Å². The third kappa shape index (κ3) is 4.48. The van der Waals surface area contributed by atoms with Gasteiger partial charge in [0.2, 0.25) is 0 Å². The first kappa shape index (κ1) is 20.6. The SMILES string of the molecule is CCOc1cccc2sc(=NC(=O)c3ccc(N(C)C)cc3)n(CC(=O)OC)c12. The summed E-state index contributed by atoms with van der Waals surface area (Å²) in [6, 6.07) is 12.8. The minimum atomic E-state index is -0.430. The van der Waals surface area contributed by atoms with Crippen LogP contribution in [0.5, 0.6) is 5.75 Å². The van der Waals surface area contributed by atoms with Crippen molar-refractivity contribution < 1.29 is 19.1 Å². The van der Waals surface area contributed by atoms with Crippen molar-refractivity contribution in [2.75, 3.05) is 32.7 Å². The highest BCUT2D eigenvalue weighted by Crippen LogP contribution is 2.27. The van der Waals surface area contributed by atoms with Crippen molar-refractivity contribution in [1.82, 2.24) is 4.57 Å². The number of nitrogens with zero attached hydrogens (tertiary/aromatic N) is 3. The minimum Gasteiger partial charge on any atom is -0.492 e. The van der Waals surface area contributed by atoms with Gasteiger partial charge < -0.3 is 18.9 Å². The number of thiazole rings is 1. The van der Waals surface area contributed by atoms with Crippen molar-refractivity contribution in [1.29, 1.82) is 0 Å². The smallest absolute Gasteiger partial charge is 0.325 e. The quantitative estimate of drug-likeness (QED) is 0.581. The monoisotopic (exact) mass is 413 g/mol. The van der Waals surface area contributed by atoms with Crippen molar-refractivity contribution in [3.8, 4) is 5.75 Å². The van der Waals surface area contributed by atoms with E-state index >= 15 is 0 Å². The van der Waals surface area contributed by atoms with Gasteiger partial charge in [0.1, 0.15) is 17.8 Å². The summed E-state index contributed by atoms with van der Waals surface area (Å²) in [6.07, 6.45) is 0. The summed E-state index contributed by atoms with van der Waals surface area (Å²) in [7, 11) is 5.20. The van der Waals surface area contributed by atoms with E-state index in [0.717, 1.165) is 15.9 Å². The number of anilines is 1. The highest BCUT2D eigenvalue weighted by molar-refractivity contribution is 7.16. The van der Waals surface area contributed by atoms with Crippen LogP contribution in [0, 0.1) is 0 Å². The number of methoxy groups -OCH3 is 1. The molecule has 0 spiro atoms. The van der Waals surface area contributed by atoms with Crippen molar-refractivity contribution >= 4 is 39.1 Å². The number of benzene rings is 2. The molecule has 0 aliphatic rings. The molecule has 1 heterocycles. The summed E-state index contributed by atoms with van der Waals surface area (Å²) in [6.45, 7) is 2.31. The lowest BCUT2D eigenvalue weighted by Gasteiger charge is -2.11. The van der Waals surface area contributed by atoms with Crippen LogP contribution in [0.2, 0.25) is 0 Å². The molecule has 7 nitrogen and oxygen atoms in total. The normalized spacial score (nSPS) is 11.5. The molecule has 0 N–H and O–H groups in total. The predicted octanol–water partition coefficient (Wildman–Crippen LogP) is 3.08. The van der Waals surface area contributed by atoms with Gasteiger partial charge in [-0.05, 0) is 43.3 Å². The molecule has 0 saturated carbocycles. The molecule has 3 aromatic rings. The summed E-state index contributed by atoms with van der Waals surface area (Å²) in [5, 5.41) is 0. The van der Waals surface area contributed by atoms with Crippen LogP contribution in [-0.4, -0.2) is 44.3 Å². The number of para-hydroxylation sites is 1. The van der Waals surface area contributed by atoms with Crippen LogP contribution < -0.4 is 14.4 Å². The number of fused-ring (bicyclic) bond motifs is 1. The molecule has 0 aliphatic carbocycles. The van der Waals surface area contributed by atoms with Gasteiger partial charge in [-0.1, -0.05) is 17.4 Å². The zero-order valence-corrected chi connectivity index (χ0v) is 17.7. The number of esters is 1. The Balaban J connectivity index is 2.11. The highest BCUT2D eigenvalue weighted by Gasteiger charge is 2.16. The Morgan fingerprint density at radius 1 is 1.14 bits per heavy atom. The fourth-order valence-corrected chi connectivity index (χ4v) is 3.89. The van der Waals surface area contributed by atoms with Crippen molar-refractivity contribution in [3.63, 3.8) is 0 Å². The lowest BCUT2D eigenvalue weighted by atomic mass is 10.2. The van der Waals surface area contributed by atoms with Crippen LogP contribution in [0.1, 0.15) is 17.3 Å². The molecule has 1 amide bonds. The number of aromatic nitrogens is 1. The molecular formula is C21H23N3O4S. The van der Waals surface area contributed by atoms with Gasteiger partial charge in [-0.2, -0.15) is 4.99 Å². The van der Waals surface area contributed by atoms with E-state index in [1.54, 1.807) is 16.7 Å². The Bertz CT molecular complexity index is 1100. The lowest BCUT2D eigenvalue weighted by molar-refractivity contribution is -0.141. The maximum Gasteiger partial charge on any atom is 0.325 e. The van der Waals surface area contributed by atoms with Gasteiger partial charge in [0.25, 0.3) is 5.91 Å². The minimum absolute atomic E-state index is 0.0632. The van der Waals surface area contributed by atoms with Gasteiger partial charge in [0.15, 0.2) is 4.80 Å². The van der Waals surface area contributed by atoms with Crippen LogP contribution in [0.15, 0.2) is 47.5 Å². The molecule has 8 heteroatoms. The third-order valence-corrected chi connectivity index (χ3v) is 5.35. The fraction of sp³-hybridized carbons (Fsp3) is 0.286. The number of rotatable bonds is 6. The highest BCUT2D eigenvalue weighted by atomic mass is 32.1. The molecule has 29 heavy (non-hydrogen) atoms. The van der Waals surface area contributed by atoms with E-state index in [9.17, 15) is 9.59 Å². The zero-order chi connectivity index (χ0) is 21.0. The summed E-state index contributed by atoms with van der Waals surface area (Å²) in [5.74, 6) is -0.173. The lowest BCUT2D eigenvalue weighted by Crippen LogP contribution is -2.22. The van der Waals surface area contributed by atoms with Crippen LogP contribution in [0.4, 0.5) is 5.69 Å². The van der Waals surface area contributed by atoms with Crippen molar-refractivity contribution in [3.05, 3.63) is 52.8 Å². The largest absolute Gasteiger partial charge is 0.492 e. The fourth-order valence-electron chi connectivity index (χ4n) is 2.85. The van der Waals surface area contributed by atoms with Crippen LogP contribution in [0.25, 0.3) is 10.2 Å². The van der Waals surface area contributed by atoms with Gasteiger partial charge in [-0.15, -0.1) is 0 Å². The number of hydrogen-bond acceptors (Lipinski definition) is 6. The summed E-state index contributed by atoms with van der Waals surface area (Å²) >= 11 is 1.33.